The second-order valence-electron chi connectivity index (χ2n) is 7.07. The first-order valence-electron chi connectivity index (χ1n) is 9.64. The van der Waals surface area contributed by atoms with Crippen LogP contribution in [0.4, 0.5) is 0 Å². The van der Waals surface area contributed by atoms with Crippen LogP contribution < -0.4 is 5.32 Å². The summed E-state index contributed by atoms with van der Waals surface area (Å²) in [6.07, 6.45) is 0. The molecule has 0 saturated carbocycles. The fraction of sp³-hybridized carbons (Fsp3) is 0.125. The summed E-state index contributed by atoms with van der Waals surface area (Å²) in [7, 11) is 0. The smallest absolute Gasteiger partial charge is 0.291 e. The average molecular weight is 417 g/mol. The van der Waals surface area contributed by atoms with Crippen molar-refractivity contribution in [3.63, 3.8) is 0 Å². The molecule has 5 nitrogen and oxygen atoms in total. The van der Waals surface area contributed by atoms with Crippen LogP contribution >= 0.6 is 11.6 Å². The zero-order valence-electron chi connectivity index (χ0n) is 16.8. The van der Waals surface area contributed by atoms with Gasteiger partial charge in [-0.05, 0) is 60.9 Å². The molecule has 0 aliphatic rings. The molecule has 1 aromatic heterocycles. The standard InChI is InChI=1S/C24H21ClN4O/c1-16-7-6-10-21(17(16)2)29-23(19-11-13-20(25)14-12-19)27-22(28-29)24(30)26-15-18-8-4-3-5-9-18/h3-14H,15H2,1-2H3,(H,26,30). The van der Waals surface area contributed by atoms with Gasteiger partial charge in [0, 0.05) is 17.1 Å². The fourth-order valence-corrected chi connectivity index (χ4v) is 3.31. The van der Waals surface area contributed by atoms with Crippen LogP contribution in [0.25, 0.3) is 17.1 Å². The van der Waals surface area contributed by atoms with Gasteiger partial charge in [-0.2, -0.15) is 0 Å². The monoisotopic (exact) mass is 416 g/mol. The van der Waals surface area contributed by atoms with Crippen molar-refractivity contribution < 1.29 is 4.79 Å². The molecule has 0 radical (unpaired) electrons. The minimum atomic E-state index is -0.321. The van der Waals surface area contributed by atoms with E-state index in [-0.39, 0.29) is 11.7 Å². The van der Waals surface area contributed by atoms with Gasteiger partial charge in [0.1, 0.15) is 0 Å². The molecule has 0 spiro atoms. The van der Waals surface area contributed by atoms with Crippen LogP contribution in [0.1, 0.15) is 27.3 Å². The van der Waals surface area contributed by atoms with Crippen molar-refractivity contribution in [1.82, 2.24) is 20.1 Å². The molecule has 0 saturated heterocycles. The van der Waals surface area contributed by atoms with Crippen LogP contribution in [0, 0.1) is 13.8 Å². The molecule has 1 heterocycles. The number of amides is 1. The van der Waals surface area contributed by atoms with Gasteiger partial charge in [0.2, 0.25) is 5.82 Å². The second kappa shape index (κ2) is 8.51. The first-order chi connectivity index (χ1) is 14.5. The van der Waals surface area contributed by atoms with Crippen molar-refractivity contribution in [3.05, 3.63) is 100 Å². The molecule has 3 aromatic carbocycles. The van der Waals surface area contributed by atoms with Gasteiger partial charge in [0.25, 0.3) is 5.91 Å². The van der Waals surface area contributed by atoms with Crippen LogP contribution in [0.5, 0.6) is 0 Å². The maximum absolute atomic E-state index is 12.8. The number of rotatable bonds is 5. The molecule has 150 valence electrons. The van der Waals surface area contributed by atoms with Gasteiger partial charge >= 0.3 is 0 Å². The van der Waals surface area contributed by atoms with Crippen molar-refractivity contribution in [3.8, 4) is 17.1 Å². The zero-order valence-corrected chi connectivity index (χ0v) is 17.5. The van der Waals surface area contributed by atoms with Gasteiger partial charge < -0.3 is 5.32 Å². The third-order valence-corrected chi connectivity index (χ3v) is 5.26. The minimum absolute atomic E-state index is 0.122. The van der Waals surface area contributed by atoms with Crippen LogP contribution in [-0.4, -0.2) is 20.7 Å². The lowest BCUT2D eigenvalue weighted by Crippen LogP contribution is -2.24. The first kappa shape index (κ1) is 19.9. The van der Waals surface area contributed by atoms with Gasteiger partial charge in [0.15, 0.2) is 5.82 Å². The third-order valence-electron chi connectivity index (χ3n) is 5.01. The lowest BCUT2D eigenvalue weighted by atomic mass is 10.1. The molecule has 1 amide bonds. The highest BCUT2D eigenvalue weighted by Crippen LogP contribution is 2.25. The van der Waals surface area contributed by atoms with Crippen LogP contribution in [0.3, 0.4) is 0 Å². The quantitative estimate of drug-likeness (QED) is 0.490. The molecule has 30 heavy (non-hydrogen) atoms. The molecule has 0 atom stereocenters. The van der Waals surface area contributed by atoms with Crippen molar-refractivity contribution in [1.29, 1.82) is 0 Å². The van der Waals surface area contributed by atoms with E-state index in [1.165, 1.54) is 0 Å². The van der Waals surface area contributed by atoms with Gasteiger partial charge in [-0.25, -0.2) is 9.67 Å². The highest BCUT2D eigenvalue weighted by atomic mass is 35.5. The Labute approximate surface area is 180 Å². The number of hydrogen-bond donors (Lipinski definition) is 1. The van der Waals surface area contributed by atoms with E-state index < -0.39 is 0 Å². The Kier molecular flexibility index (Phi) is 5.63. The molecular weight excluding hydrogens is 396 g/mol. The van der Waals surface area contributed by atoms with E-state index in [0.29, 0.717) is 17.4 Å². The van der Waals surface area contributed by atoms with Gasteiger partial charge in [0.05, 0.1) is 5.69 Å². The summed E-state index contributed by atoms with van der Waals surface area (Å²) in [6.45, 7) is 4.49. The van der Waals surface area contributed by atoms with Crippen LogP contribution in [0.15, 0.2) is 72.8 Å². The Morgan fingerprint density at radius 2 is 1.70 bits per heavy atom. The number of nitrogens with zero attached hydrogens (tertiary/aromatic N) is 3. The molecule has 4 rings (SSSR count). The number of carbonyl (C=O) groups is 1. The van der Waals surface area contributed by atoms with E-state index in [1.54, 1.807) is 16.8 Å². The number of aryl methyl sites for hydroxylation is 1. The largest absolute Gasteiger partial charge is 0.345 e. The van der Waals surface area contributed by atoms with E-state index in [9.17, 15) is 4.79 Å². The third kappa shape index (κ3) is 4.11. The molecule has 0 bridgehead atoms. The highest BCUT2D eigenvalue weighted by molar-refractivity contribution is 6.30. The molecule has 0 aliphatic heterocycles. The van der Waals surface area contributed by atoms with Crippen molar-refractivity contribution >= 4 is 17.5 Å². The maximum atomic E-state index is 12.8. The number of hydrogen-bond acceptors (Lipinski definition) is 3. The lowest BCUT2D eigenvalue weighted by molar-refractivity contribution is 0.0940. The number of nitrogens with one attached hydrogen (secondary N) is 1. The molecule has 0 unspecified atom stereocenters. The average Bonchev–Trinajstić information content (AvgIpc) is 3.20. The summed E-state index contributed by atoms with van der Waals surface area (Å²) < 4.78 is 1.73. The molecule has 1 N–H and O–H groups in total. The number of benzene rings is 3. The topological polar surface area (TPSA) is 59.8 Å². The number of aromatic nitrogens is 3. The van der Waals surface area contributed by atoms with E-state index in [4.69, 9.17) is 11.6 Å². The number of halogens is 1. The summed E-state index contributed by atoms with van der Waals surface area (Å²) in [5, 5.41) is 8.09. The summed E-state index contributed by atoms with van der Waals surface area (Å²) >= 11 is 6.05. The lowest BCUT2D eigenvalue weighted by Gasteiger charge is -2.11. The first-order valence-corrected chi connectivity index (χ1v) is 10.0. The van der Waals surface area contributed by atoms with Crippen LogP contribution in [0.2, 0.25) is 5.02 Å². The normalized spacial score (nSPS) is 10.8. The Bertz CT molecular complexity index is 1180. The van der Waals surface area contributed by atoms with Gasteiger partial charge in [-0.1, -0.05) is 54.1 Å². The minimum Gasteiger partial charge on any atom is -0.345 e. The molecule has 0 aliphatic carbocycles. The van der Waals surface area contributed by atoms with E-state index in [1.807, 2.05) is 74.5 Å². The summed E-state index contributed by atoms with van der Waals surface area (Å²) in [5.41, 5.74) is 4.94. The highest BCUT2D eigenvalue weighted by Gasteiger charge is 2.20. The Morgan fingerprint density at radius 1 is 0.967 bits per heavy atom. The zero-order chi connectivity index (χ0) is 21.1. The SMILES string of the molecule is Cc1cccc(-n2nc(C(=O)NCc3ccccc3)nc2-c2ccc(Cl)cc2)c1C. The summed E-state index contributed by atoms with van der Waals surface area (Å²) in [6, 6.07) is 23.1. The predicted octanol–water partition coefficient (Wildman–Crippen LogP) is 5.13. The molecule has 0 fully saturated rings. The van der Waals surface area contributed by atoms with E-state index >= 15 is 0 Å². The van der Waals surface area contributed by atoms with Gasteiger partial charge in [-0.3, -0.25) is 4.79 Å². The molecular formula is C24H21ClN4O. The number of carbonyl (C=O) groups excluding carboxylic acids is 1. The maximum Gasteiger partial charge on any atom is 0.291 e. The van der Waals surface area contributed by atoms with Gasteiger partial charge in [-0.15, -0.1) is 5.10 Å². The van der Waals surface area contributed by atoms with Crippen LogP contribution in [-0.2, 0) is 6.54 Å². The molecule has 4 aromatic rings. The predicted molar refractivity (Wildman–Crippen MR) is 119 cm³/mol. The Hall–Kier alpha value is -3.44. The molecule has 6 heteroatoms. The van der Waals surface area contributed by atoms with E-state index in [0.717, 1.165) is 27.9 Å². The summed E-state index contributed by atoms with van der Waals surface area (Å²) in [5.74, 6) is 0.389. The van der Waals surface area contributed by atoms with Crippen molar-refractivity contribution in [2.45, 2.75) is 20.4 Å². The van der Waals surface area contributed by atoms with E-state index in [2.05, 4.69) is 15.4 Å². The Balaban J connectivity index is 1.73. The van der Waals surface area contributed by atoms with Crippen molar-refractivity contribution in [2.75, 3.05) is 0 Å². The summed E-state index contributed by atoms with van der Waals surface area (Å²) in [4.78, 5) is 17.3. The fourth-order valence-electron chi connectivity index (χ4n) is 3.18. The Morgan fingerprint density at radius 3 is 2.43 bits per heavy atom. The second-order valence-corrected chi connectivity index (χ2v) is 7.50. The van der Waals surface area contributed by atoms with Crippen molar-refractivity contribution in [2.24, 2.45) is 0 Å².